The van der Waals surface area contributed by atoms with Crippen LogP contribution < -0.4 is 16.4 Å². The molecule has 2 amide bonds. The number of fused-ring (bicyclic) bond motifs is 1. The lowest BCUT2D eigenvalue weighted by atomic mass is 10.1. The third-order valence-corrected chi connectivity index (χ3v) is 3.24. The number of nitrogens with one attached hydrogen (secondary N) is 2. The van der Waals surface area contributed by atoms with E-state index in [0.29, 0.717) is 33.8 Å². The molecule has 3 rings (SSSR count). The molecule has 4 N–H and O–H groups in total. The zero-order valence-corrected chi connectivity index (χ0v) is 10.8. The normalized spacial score (nSPS) is 12.5. The van der Waals surface area contributed by atoms with Gasteiger partial charge in [0.25, 0.3) is 11.8 Å². The van der Waals surface area contributed by atoms with Crippen LogP contribution in [0.3, 0.4) is 0 Å². The number of para-hydroxylation sites is 1. The lowest BCUT2D eigenvalue weighted by molar-refractivity contribution is 0.0879. The van der Waals surface area contributed by atoms with E-state index in [9.17, 15) is 9.59 Å². The SMILES string of the molecule is N#Cc1cccc(Nc2ccc3c(c2)C(=O)NC3=O)c1N. The first-order chi connectivity index (χ1) is 10.1. The Morgan fingerprint density at radius 2 is 1.86 bits per heavy atom. The van der Waals surface area contributed by atoms with Crippen LogP contribution in [0.15, 0.2) is 36.4 Å². The largest absolute Gasteiger partial charge is 0.396 e. The van der Waals surface area contributed by atoms with E-state index < -0.39 is 11.8 Å². The Kier molecular flexibility index (Phi) is 2.81. The molecule has 21 heavy (non-hydrogen) atoms. The van der Waals surface area contributed by atoms with Crippen molar-refractivity contribution < 1.29 is 9.59 Å². The molecular weight excluding hydrogens is 268 g/mol. The molecule has 2 aromatic rings. The second kappa shape index (κ2) is 4.65. The van der Waals surface area contributed by atoms with Crippen LogP contribution in [0.4, 0.5) is 17.1 Å². The van der Waals surface area contributed by atoms with Gasteiger partial charge < -0.3 is 11.1 Å². The second-order valence-electron chi connectivity index (χ2n) is 4.55. The van der Waals surface area contributed by atoms with Gasteiger partial charge in [0, 0.05) is 5.69 Å². The van der Waals surface area contributed by atoms with Crippen LogP contribution in [0, 0.1) is 11.3 Å². The predicted molar refractivity (Wildman–Crippen MR) is 77.1 cm³/mol. The van der Waals surface area contributed by atoms with E-state index in [0.717, 1.165) is 0 Å². The first-order valence-electron chi connectivity index (χ1n) is 6.15. The van der Waals surface area contributed by atoms with Crippen molar-refractivity contribution in [3.8, 4) is 6.07 Å². The van der Waals surface area contributed by atoms with Gasteiger partial charge in [0.2, 0.25) is 0 Å². The second-order valence-corrected chi connectivity index (χ2v) is 4.55. The fourth-order valence-corrected chi connectivity index (χ4v) is 2.17. The van der Waals surface area contributed by atoms with Crippen molar-refractivity contribution in [1.82, 2.24) is 5.32 Å². The van der Waals surface area contributed by atoms with Crippen LogP contribution in [0.1, 0.15) is 26.3 Å². The average Bonchev–Trinajstić information content (AvgIpc) is 2.76. The minimum Gasteiger partial charge on any atom is -0.396 e. The van der Waals surface area contributed by atoms with Crippen molar-refractivity contribution in [1.29, 1.82) is 5.26 Å². The van der Waals surface area contributed by atoms with Gasteiger partial charge in [-0.15, -0.1) is 0 Å². The summed E-state index contributed by atoms with van der Waals surface area (Å²) in [6, 6.07) is 11.9. The predicted octanol–water partition coefficient (Wildman–Crippen LogP) is 1.77. The maximum Gasteiger partial charge on any atom is 0.259 e. The summed E-state index contributed by atoms with van der Waals surface area (Å²) < 4.78 is 0. The summed E-state index contributed by atoms with van der Waals surface area (Å²) in [4.78, 5) is 23.1. The summed E-state index contributed by atoms with van der Waals surface area (Å²) in [5, 5.41) is 14.2. The minimum atomic E-state index is -0.419. The zero-order chi connectivity index (χ0) is 15.0. The topological polar surface area (TPSA) is 108 Å². The van der Waals surface area contributed by atoms with Crippen molar-refractivity contribution in [2.75, 3.05) is 11.1 Å². The molecule has 6 heteroatoms. The van der Waals surface area contributed by atoms with Gasteiger partial charge in [0.05, 0.1) is 28.1 Å². The number of anilines is 3. The Labute approximate surface area is 120 Å². The van der Waals surface area contributed by atoms with Gasteiger partial charge in [-0.2, -0.15) is 5.26 Å². The maximum absolute atomic E-state index is 11.6. The molecule has 1 aliphatic rings. The summed E-state index contributed by atoms with van der Waals surface area (Å²) >= 11 is 0. The van der Waals surface area contributed by atoms with Crippen molar-refractivity contribution in [3.63, 3.8) is 0 Å². The Hall–Kier alpha value is -3.33. The molecule has 0 unspecified atom stereocenters. The smallest absolute Gasteiger partial charge is 0.259 e. The van der Waals surface area contributed by atoms with E-state index in [1.54, 1.807) is 36.4 Å². The molecule has 2 aromatic carbocycles. The van der Waals surface area contributed by atoms with Crippen LogP contribution in [0.25, 0.3) is 0 Å². The van der Waals surface area contributed by atoms with Crippen LogP contribution in [0.5, 0.6) is 0 Å². The third kappa shape index (κ3) is 2.07. The summed E-state index contributed by atoms with van der Waals surface area (Å²) in [6.45, 7) is 0. The molecule has 0 spiro atoms. The molecule has 1 heterocycles. The van der Waals surface area contributed by atoms with Crippen LogP contribution in [-0.2, 0) is 0 Å². The average molecular weight is 278 g/mol. The van der Waals surface area contributed by atoms with Crippen molar-refractivity contribution in [2.24, 2.45) is 0 Å². The maximum atomic E-state index is 11.6. The number of nitrogens with two attached hydrogens (primary N) is 1. The standard InChI is InChI=1S/C15H10N4O2/c16-7-8-2-1-3-12(13(8)17)18-9-4-5-10-11(6-9)15(21)19-14(10)20/h1-6,18H,17H2,(H,19,20,21). The zero-order valence-electron chi connectivity index (χ0n) is 10.8. The van der Waals surface area contributed by atoms with E-state index in [4.69, 9.17) is 11.0 Å². The molecular formula is C15H10N4O2. The Bertz CT molecular complexity index is 821. The summed E-state index contributed by atoms with van der Waals surface area (Å²) in [7, 11) is 0. The number of hydrogen-bond acceptors (Lipinski definition) is 5. The van der Waals surface area contributed by atoms with Gasteiger partial charge in [-0.1, -0.05) is 6.07 Å². The van der Waals surface area contributed by atoms with E-state index in [1.165, 1.54) is 0 Å². The van der Waals surface area contributed by atoms with Crippen LogP contribution in [-0.4, -0.2) is 11.8 Å². The van der Waals surface area contributed by atoms with Gasteiger partial charge in [-0.05, 0) is 30.3 Å². The molecule has 6 nitrogen and oxygen atoms in total. The summed E-state index contributed by atoms with van der Waals surface area (Å²) in [5.41, 5.74) is 8.44. The highest BCUT2D eigenvalue weighted by Gasteiger charge is 2.26. The lowest BCUT2D eigenvalue weighted by Crippen LogP contribution is -2.19. The van der Waals surface area contributed by atoms with Gasteiger partial charge in [0.1, 0.15) is 6.07 Å². The van der Waals surface area contributed by atoms with E-state index in [-0.39, 0.29) is 0 Å². The Morgan fingerprint density at radius 3 is 2.62 bits per heavy atom. The number of amides is 2. The third-order valence-electron chi connectivity index (χ3n) is 3.24. The number of nitrogen functional groups attached to an aromatic ring is 1. The number of imide groups is 1. The van der Waals surface area contributed by atoms with Crippen molar-refractivity contribution in [3.05, 3.63) is 53.1 Å². The van der Waals surface area contributed by atoms with E-state index in [1.807, 2.05) is 6.07 Å². The monoisotopic (exact) mass is 278 g/mol. The summed E-state index contributed by atoms with van der Waals surface area (Å²) in [6.07, 6.45) is 0. The molecule has 0 fully saturated rings. The number of benzene rings is 2. The van der Waals surface area contributed by atoms with Crippen LogP contribution in [0.2, 0.25) is 0 Å². The van der Waals surface area contributed by atoms with Crippen molar-refractivity contribution >= 4 is 28.9 Å². The molecule has 102 valence electrons. The first-order valence-corrected chi connectivity index (χ1v) is 6.15. The molecule has 0 bridgehead atoms. The highest BCUT2D eigenvalue weighted by atomic mass is 16.2. The fourth-order valence-electron chi connectivity index (χ4n) is 2.17. The fraction of sp³-hybridized carbons (Fsp3) is 0. The highest BCUT2D eigenvalue weighted by molar-refractivity contribution is 6.21. The molecule has 0 atom stereocenters. The Balaban J connectivity index is 1.98. The van der Waals surface area contributed by atoms with Gasteiger partial charge in [0.15, 0.2) is 0 Å². The van der Waals surface area contributed by atoms with Crippen LogP contribution >= 0.6 is 0 Å². The number of carbonyl (C=O) groups is 2. The number of nitrogens with zero attached hydrogens (tertiary/aromatic N) is 1. The minimum absolute atomic E-state index is 0.319. The number of rotatable bonds is 2. The van der Waals surface area contributed by atoms with Gasteiger partial charge in [-0.3, -0.25) is 14.9 Å². The van der Waals surface area contributed by atoms with Gasteiger partial charge >= 0.3 is 0 Å². The van der Waals surface area contributed by atoms with Gasteiger partial charge in [-0.25, -0.2) is 0 Å². The number of nitriles is 1. The molecule has 0 aromatic heterocycles. The molecule has 0 saturated carbocycles. The van der Waals surface area contributed by atoms with Crippen molar-refractivity contribution in [2.45, 2.75) is 0 Å². The molecule has 0 radical (unpaired) electrons. The molecule has 0 saturated heterocycles. The number of hydrogen-bond donors (Lipinski definition) is 3. The van der Waals surface area contributed by atoms with E-state index >= 15 is 0 Å². The lowest BCUT2D eigenvalue weighted by Gasteiger charge is -2.10. The number of carbonyl (C=O) groups excluding carboxylic acids is 2. The first kappa shape index (κ1) is 12.7. The molecule has 0 aliphatic carbocycles. The quantitative estimate of drug-likeness (QED) is 0.573. The molecule has 1 aliphatic heterocycles. The van der Waals surface area contributed by atoms with E-state index in [2.05, 4.69) is 10.6 Å². The highest BCUT2D eigenvalue weighted by Crippen LogP contribution is 2.28. The Morgan fingerprint density at radius 1 is 1.10 bits per heavy atom. The summed E-state index contributed by atoms with van der Waals surface area (Å²) in [5.74, 6) is -0.815.